The Morgan fingerprint density at radius 3 is 2.45 bits per heavy atom. The van der Waals surface area contributed by atoms with Gasteiger partial charge in [0.05, 0.1) is 6.54 Å². The van der Waals surface area contributed by atoms with E-state index in [1.54, 1.807) is 14.1 Å². The molecule has 2 aliphatic rings. The maximum atomic E-state index is 12.5. The molecule has 1 unspecified atom stereocenters. The molecule has 2 saturated heterocycles. The summed E-state index contributed by atoms with van der Waals surface area (Å²) in [5.74, 6) is 0.980. The van der Waals surface area contributed by atoms with Gasteiger partial charge in [-0.1, -0.05) is 6.92 Å². The molecule has 0 radical (unpaired) electrons. The van der Waals surface area contributed by atoms with Gasteiger partial charge in [-0.05, 0) is 64.2 Å². The Morgan fingerprint density at radius 2 is 1.84 bits per heavy atom. The quantitative estimate of drug-likeness (QED) is 0.416. The number of hydrogen-bond acceptors (Lipinski definition) is 4. The monoisotopic (exact) mass is 448 g/mol. The van der Waals surface area contributed by atoms with Gasteiger partial charge in [-0.3, -0.25) is 14.6 Å². The van der Waals surface area contributed by atoms with Crippen LogP contribution in [0.3, 0.4) is 0 Å². The average Bonchev–Trinajstić information content (AvgIpc) is 3.17. The highest BCUT2D eigenvalue weighted by Gasteiger charge is 2.32. The Hall–Kier alpha value is -1.55. The zero-order valence-electron chi connectivity index (χ0n) is 19.2. The van der Waals surface area contributed by atoms with Crippen molar-refractivity contribution in [1.29, 1.82) is 0 Å². The van der Waals surface area contributed by atoms with Crippen molar-refractivity contribution >= 4 is 11.9 Å². The molecule has 0 aliphatic carbocycles. The third kappa shape index (κ3) is 9.64. The SMILES string of the molecule is CCN1CCCC1CNC(=NCC(=O)N(C)C)NCCC1CCN(CC(F)(F)F)CC1. The first kappa shape index (κ1) is 25.7. The zero-order valence-corrected chi connectivity index (χ0v) is 19.2. The number of alkyl halides is 3. The Bertz CT molecular complexity index is 576. The van der Waals surface area contributed by atoms with Gasteiger partial charge in [-0.15, -0.1) is 0 Å². The highest BCUT2D eigenvalue weighted by molar-refractivity contribution is 5.84. The van der Waals surface area contributed by atoms with E-state index >= 15 is 0 Å². The van der Waals surface area contributed by atoms with Crippen LogP contribution in [0.15, 0.2) is 4.99 Å². The fraction of sp³-hybridized carbons (Fsp3) is 0.905. The van der Waals surface area contributed by atoms with Crippen molar-refractivity contribution in [1.82, 2.24) is 25.3 Å². The lowest BCUT2D eigenvalue weighted by molar-refractivity contribution is -0.148. The summed E-state index contributed by atoms with van der Waals surface area (Å²) in [4.78, 5) is 21.8. The molecule has 10 heteroatoms. The summed E-state index contributed by atoms with van der Waals surface area (Å²) in [6, 6.07) is 0.472. The van der Waals surface area contributed by atoms with Crippen LogP contribution in [0.25, 0.3) is 0 Å². The van der Waals surface area contributed by atoms with Crippen molar-refractivity contribution in [2.75, 3.05) is 66.5 Å². The Balaban J connectivity index is 1.78. The van der Waals surface area contributed by atoms with Crippen LogP contribution in [-0.2, 0) is 4.79 Å². The van der Waals surface area contributed by atoms with Crippen LogP contribution < -0.4 is 10.6 Å². The first-order valence-corrected chi connectivity index (χ1v) is 11.4. The third-order valence-corrected chi connectivity index (χ3v) is 6.24. The fourth-order valence-corrected chi connectivity index (χ4v) is 4.30. The predicted molar refractivity (Wildman–Crippen MR) is 117 cm³/mol. The van der Waals surface area contributed by atoms with E-state index < -0.39 is 12.7 Å². The largest absolute Gasteiger partial charge is 0.401 e. The first-order valence-electron chi connectivity index (χ1n) is 11.4. The average molecular weight is 449 g/mol. The van der Waals surface area contributed by atoms with Gasteiger partial charge in [0.15, 0.2) is 5.96 Å². The molecule has 2 N–H and O–H groups in total. The number of guanidine groups is 1. The van der Waals surface area contributed by atoms with Crippen LogP contribution in [0.5, 0.6) is 0 Å². The van der Waals surface area contributed by atoms with Crippen molar-refractivity contribution in [3.63, 3.8) is 0 Å². The smallest absolute Gasteiger partial charge is 0.356 e. The van der Waals surface area contributed by atoms with Crippen LogP contribution in [0.2, 0.25) is 0 Å². The Kier molecular flexibility index (Phi) is 10.3. The minimum Gasteiger partial charge on any atom is -0.356 e. The summed E-state index contributed by atoms with van der Waals surface area (Å²) in [5.41, 5.74) is 0. The number of rotatable bonds is 9. The maximum Gasteiger partial charge on any atom is 0.401 e. The van der Waals surface area contributed by atoms with E-state index in [1.807, 2.05) is 0 Å². The Morgan fingerprint density at radius 1 is 1.13 bits per heavy atom. The first-order chi connectivity index (χ1) is 14.7. The van der Waals surface area contributed by atoms with Crippen LogP contribution in [-0.4, -0.2) is 105 Å². The summed E-state index contributed by atoms with van der Waals surface area (Å²) >= 11 is 0. The van der Waals surface area contributed by atoms with Crippen molar-refractivity contribution in [2.24, 2.45) is 10.9 Å². The number of piperidine rings is 1. The highest BCUT2D eigenvalue weighted by atomic mass is 19.4. The highest BCUT2D eigenvalue weighted by Crippen LogP contribution is 2.24. The number of aliphatic imine (C=N–C) groups is 1. The van der Waals surface area contributed by atoms with Crippen LogP contribution >= 0.6 is 0 Å². The summed E-state index contributed by atoms with van der Waals surface area (Å²) in [6.07, 6.45) is 0.677. The van der Waals surface area contributed by atoms with E-state index in [-0.39, 0.29) is 12.5 Å². The van der Waals surface area contributed by atoms with E-state index in [0.29, 0.717) is 37.6 Å². The number of likely N-dealkylation sites (N-methyl/N-ethyl adjacent to an activating group) is 2. The lowest BCUT2D eigenvalue weighted by Gasteiger charge is -2.32. The second-order valence-corrected chi connectivity index (χ2v) is 8.81. The number of nitrogens with one attached hydrogen (secondary N) is 2. The molecule has 2 fully saturated rings. The van der Waals surface area contributed by atoms with Crippen LogP contribution in [0.4, 0.5) is 13.2 Å². The molecule has 0 spiro atoms. The number of carbonyl (C=O) groups excluding carboxylic acids is 1. The van der Waals surface area contributed by atoms with Crippen molar-refractivity contribution in [3.8, 4) is 0 Å². The molecule has 0 aromatic heterocycles. The lowest BCUT2D eigenvalue weighted by atomic mass is 9.93. The van der Waals surface area contributed by atoms with Gasteiger partial charge in [0.2, 0.25) is 5.91 Å². The molecule has 2 rings (SSSR count). The zero-order chi connectivity index (χ0) is 22.9. The molecule has 2 heterocycles. The van der Waals surface area contributed by atoms with Gasteiger partial charge in [0.1, 0.15) is 6.54 Å². The molecule has 31 heavy (non-hydrogen) atoms. The minimum atomic E-state index is -4.12. The topological polar surface area (TPSA) is 63.2 Å². The number of carbonyl (C=O) groups is 1. The molecule has 0 aromatic rings. The number of nitrogens with zero attached hydrogens (tertiary/aromatic N) is 4. The lowest BCUT2D eigenvalue weighted by Crippen LogP contribution is -2.46. The normalized spacial score (nSPS) is 22.0. The molecule has 180 valence electrons. The molecule has 1 atom stereocenters. The Labute approximate surface area is 184 Å². The van der Waals surface area contributed by atoms with E-state index in [1.165, 1.54) is 16.2 Å². The maximum absolute atomic E-state index is 12.5. The van der Waals surface area contributed by atoms with Gasteiger partial charge < -0.3 is 15.5 Å². The van der Waals surface area contributed by atoms with E-state index in [2.05, 4.69) is 27.4 Å². The third-order valence-electron chi connectivity index (χ3n) is 6.24. The van der Waals surface area contributed by atoms with Crippen molar-refractivity contribution in [2.45, 2.75) is 51.2 Å². The van der Waals surface area contributed by atoms with E-state index in [0.717, 1.165) is 45.3 Å². The molecule has 0 saturated carbocycles. The van der Waals surface area contributed by atoms with Crippen molar-refractivity contribution < 1.29 is 18.0 Å². The molecule has 0 bridgehead atoms. The van der Waals surface area contributed by atoms with Gasteiger partial charge in [-0.25, -0.2) is 4.99 Å². The molecule has 2 aliphatic heterocycles. The number of amides is 1. The molecular formula is C21H39F3N6O. The molecule has 0 aromatic carbocycles. The number of likely N-dealkylation sites (tertiary alicyclic amines) is 2. The second kappa shape index (κ2) is 12.5. The fourth-order valence-electron chi connectivity index (χ4n) is 4.30. The number of halogens is 3. The van der Waals surface area contributed by atoms with Crippen LogP contribution in [0, 0.1) is 5.92 Å². The van der Waals surface area contributed by atoms with Gasteiger partial charge in [-0.2, -0.15) is 13.2 Å². The minimum absolute atomic E-state index is 0.0609. The van der Waals surface area contributed by atoms with Crippen molar-refractivity contribution in [3.05, 3.63) is 0 Å². The summed E-state index contributed by atoms with van der Waals surface area (Å²) in [7, 11) is 3.42. The van der Waals surface area contributed by atoms with Gasteiger partial charge >= 0.3 is 6.18 Å². The standard InChI is InChI=1S/C21H39F3N6O/c1-4-30-11-5-6-18(30)14-26-20(27-15-19(31)28(2)3)25-10-7-17-8-12-29(13-9-17)16-21(22,23)24/h17-18H,4-16H2,1-3H3,(H2,25,26,27). The molecule has 7 nitrogen and oxygen atoms in total. The predicted octanol–water partition coefficient (Wildman–Crippen LogP) is 1.76. The number of hydrogen-bond donors (Lipinski definition) is 2. The van der Waals surface area contributed by atoms with Crippen LogP contribution in [0.1, 0.15) is 39.0 Å². The second-order valence-electron chi connectivity index (χ2n) is 8.81. The van der Waals surface area contributed by atoms with E-state index in [4.69, 9.17) is 0 Å². The van der Waals surface area contributed by atoms with Gasteiger partial charge in [0, 0.05) is 33.2 Å². The van der Waals surface area contributed by atoms with Gasteiger partial charge in [0.25, 0.3) is 0 Å². The molecule has 1 amide bonds. The van der Waals surface area contributed by atoms with E-state index in [9.17, 15) is 18.0 Å². The summed E-state index contributed by atoms with van der Waals surface area (Å²) in [6.45, 7) is 6.05. The summed E-state index contributed by atoms with van der Waals surface area (Å²) in [5, 5.41) is 6.71. The summed E-state index contributed by atoms with van der Waals surface area (Å²) < 4.78 is 37.6. The molecular weight excluding hydrogens is 409 g/mol.